The third kappa shape index (κ3) is 1.65. The Labute approximate surface area is 80.2 Å². The number of rotatable bonds is 1. The molecule has 0 saturated heterocycles. The van der Waals surface area contributed by atoms with Gasteiger partial charge in [0.15, 0.2) is 0 Å². The van der Waals surface area contributed by atoms with E-state index >= 15 is 0 Å². The van der Waals surface area contributed by atoms with E-state index < -0.39 is 0 Å². The number of nitrogen functional groups attached to an aromatic ring is 1. The van der Waals surface area contributed by atoms with Gasteiger partial charge in [0.2, 0.25) is 0 Å². The second-order valence-corrected chi connectivity index (χ2v) is 3.62. The van der Waals surface area contributed by atoms with Crippen LogP contribution in [0, 0.1) is 0 Å². The SMILES string of the molecule is Nc1c(Br)ccc(Br)c1NF. The number of hydrogen-bond acceptors (Lipinski definition) is 2. The number of nitrogens with one attached hydrogen (secondary N) is 1. The summed E-state index contributed by atoms with van der Waals surface area (Å²) in [5.41, 5.74) is 7.62. The van der Waals surface area contributed by atoms with Gasteiger partial charge in [-0.1, -0.05) is 0 Å². The molecule has 0 radical (unpaired) electrons. The molecule has 0 fully saturated rings. The topological polar surface area (TPSA) is 38.0 Å². The van der Waals surface area contributed by atoms with Crippen LogP contribution in [0.1, 0.15) is 0 Å². The summed E-state index contributed by atoms with van der Waals surface area (Å²) in [6, 6.07) is 3.43. The molecule has 0 bridgehead atoms. The monoisotopic (exact) mass is 282 g/mol. The first-order valence-corrected chi connectivity index (χ1v) is 4.35. The van der Waals surface area contributed by atoms with E-state index in [1.54, 1.807) is 12.1 Å². The van der Waals surface area contributed by atoms with Gasteiger partial charge in [-0.25, -0.2) is 5.54 Å². The van der Waals surface area contributed by atoms with E-state index in [-0.39, 0.29) is 5.69 Å². The maximum absolute atomic E-state index is 12.0. The summed E-state index contributed by atoms with van der Waals surface area (Å²) in [4.78, 5) is 0. The van der Waals surface area contributed by atoms with Crippen molar-refractivity contribution in [2.75, 3.05) is 11.3 Å². The predicted octanol–water partition coefficient (Wildman–Crippen LogP) is 3.09. The lowest BCUT2D eigenvalue weighted by Gasteiger charge is -2.05. The summed E-state index contributed by atoms with van der Waals surface area (Å²) in [5, 5.41) is 0. The van der Waals surface area contributed by atoms with Crippen molar-refractivity contribution < 1.29 is 4.48 Å². The average molecular weight is 284 g/mol. The van der Waals surface area contributed by atoms with Crippen molar-refractivity contribution in [1.29, 1.82) is 0 Å². The number of nitrogens with two attached hydrogens (primary N) is 1. The Balaban J connectivity index is 3.29. The van der Waals surface area contributed by atoms with Gasteiger partial charge in [-0.15, -0.1) is 4.48 Å². The number of halogens is 3. The largest absolute Gasteiger partial charge is 0.396 e. The van der Waals surface area contributed by atoms with Crippen molar-refractivity contribution >= 4 is 43.2 Å². The van der Waals surface area contributed by atoms with Crippen molar-refractivity contribution in [3.8, 4) is 0 Å². The van der Waals surface area contributed by atoms with Gasteiger partial charge >= 0.3 is 0 Å². The number of benzene rings is 1. The normalized spacial score (nSPS) is 9.73. The molecule has 0 aliphatic rings. The van der Waals surface area contributed by atoms with E-state index in [1.165, 1.54) is 5.54 Å². The van der Waals surface area contributed by atoms with E-state index in [4.69, 9.17) is 5.73 Å². The summed E-state index contributed by atoms with van der Waals surface area (Å²) < 4.78 is 13.3. The zero-order valence-electron chi connectivity index (χ0n) is 5.37. The number of hydrogen-bond donors (Lipinski definition) is 2. The lowest BCUT2D eigenvalue weighted by atomic mass is 10.3. The predicted molar refractivity (Wildman–Crippen MR) is 51.0 cm³/mol. The summed E-state index contributed by atoms with van der Waals surface area (Å²) in [6.45, 7) is 0. The summed E-state index contributed by atoms with van der Waals surface area (Å²) in [7, 11) is 0. The van der Waals surface area contributed by atoms with Gasteiger partial charge in [-0.2, -0.15) is 0 Å². The van der Waals surface area contributed by atoms with Crippen LogP contribution < -0.4 is 11.3 Å². The van der Waals surface area contributed by atoms with Crippen molar-refractivity contribution in [2.45, 2.75) is 0 Å². The molecule has 3 N–H and O–H groups in total. The highest BCUT2D eigenvalue weighted by Crippen LogP contribution is 2.34. The van der Waals surface area contributed by atoms with E-state index in [2.05, 4.69) is 31.9 Å². The maximum Gasteiger partial charge on any atom is 0.104 e. The van der Waals surface area contributed by atoms with Gasteiger partial charge in [0.1, 0.15) is 5.69 Å². The quantitative estimate of drug-likeness (QED) is 0.614. The fraction of sp³-hybridized carbons (Fsp3) is 0. The molecule has 0 aromatic heterocycles. The van der Waals surface area contributed by atoms with Gasteiger partial charge in [0.25, 0.3) is 0 Å². The Morgan fingerprint density at radius 1 is 1.27 bits per heavy atom. The molecule has 0 aliphatic carbocycles. The second-order valence-electron chi connectivity index (χ2n) is 1.91. The Bertz CT molecular complexity index is 278. The van der Waals surface area contributed by atoms with Crippen LogP contribution in [0.2, 0.25) is 0 Å². The summed E-state index contributed by atoms with van der Waals surface area (Å²) >= 11 is 6.31. The van der Waals surface area contributed by atoms with Gasteiger partial charge in [-0.3, -0.25) is 0 Å². The third-order valence-electron chi connectivity index (χ3n) is 1.24. The molecule has 5 heteroatoms. The van der Waals surface area contributed by atoms with Crippen LogP contribution in [-0.4, -0.2) is 0 Å². The van der Waals surface area contributed by atoms with Crippen LogP contribution in [0.3, 0.4) is 0 Å². The summed E-state index contributed by atoms with van der Waals surface area (Å²) in [6.07, 6.45) is 0. The molecule has 0 unspecified atom stereocenters. The van der Waals surface area contributed by atoms with Gasteiger partial charge in [0, 0.05) is 8.95 Å². The molecule has 0 aliphatic heterocycles. The van der Waals surface area contributed by atoms with Crippen LogP contribution in [0.5, 0.6) is 0 Å². The molecule has 0 amide bonds. The molecule has 60 valence electrons. The average Bonchev–Trinajstić information content (AvgIpc) is 1.99. The van der Waals surface area contributed by atoms with E-state index in [0.29, 0.717) is 14.6 Å². The maximum atomic E-state index is 12.0. The van der Waals surface area contributed by atoms with Crippen molar-refractivity contribution in [2.24, 2.45) is 0 Å². The first-order valence-electron chi connectivity index (χ1n) is 2.77. The molecule has 2 nitrogen and oxygen atoms in total. The molecule has 1 aromatic carbocycles. The minimum Gasteiger partial charge on any atom is -0.396 e. The van der Waals surface area contributed by atoms with Gasteiger partial charge in [-0.05, 0) is 44.0 Å². The van der Waals surface area contributed by atoms with Crippen LogP contribution in [0.15, 0.2) is 21.1 Å². The molecular weight excluding hydrogens is 279 g/mol. The highest BCUT2D eigenvalue weighted by atomic mass is 79.9. The molecule has 0 spiro atoms. The zero-order chi connectivity index (χ0) is 8.43. The van der Waals surface area contributed by atoms with Crippen LogP contribution >= 0.6 is 31.9 Å². The van der Waals surface area contributed by atoms with Crippen LogP contribution in [0.25, 0.3) is 0 Å². The first kappa shape index (κ1) is 8.80. The van der Waals surface area contributed by atoms with Crippen LogP contribution in [0.4, 0.5) is 15.9 Å². The molecule has 1 rings (SSSR count). The molecule has 0 heterocycles. The Hall–Kier alpha value is -0.290. The Morgan fingerprint density at radius 2 is 1.82 bits per heavy atom. The van der Waals surface area contributed by atoms with E-state index in [0.717, 1.165) is 0 Å². The van der Waals surface area contributed by atoms with Gasteiger partial charge < -0.3 is 5.73 Å². The standard InChI is InChI=1S/C6H5Br2FN2/c7-3-1-2-4(8)6(11-9)5(3)10/h1-2,11H,10H2. The molecular formula is C6H5Br2FN2. The zero-order valence-corrected chi connectivity index (χ0v) is 8.54. The fourth-order valence-corrected chi connectivity index (χ4v) is 1.41. The van der Waals surface area contributed by atoms with Crippen molar-refractivity contribution in [3.05, 3.63) is 21.1 Å². The molecule has 0 atom stereocenters. The number of anilines is 2. The highest BCUT2D eigenvalue weighted by molar-refractivity contribution is 9.11. The minimum atomic E-state index is 0.249. The van der Waals surface area contributed by atoms with Gasteiger partial charge in [0.05, 0.1) is 5.69 Å². The Morgan fingerprint density at radius 3 is 2.27 bits per heavy atom. The lowest BCUT2D eigenvalue weighted by molar-refractivity contribution is 0.617. The second kappa shape index (κ2) is 3.40. The molecule has 11 heavy (non-hydrogen) atoms. The lowest BCUT2D eigenvalue weighted by Crippen LogP contribution is -1.94. The first-order chi connectivity index (χ1) is 5.16. The molecule has 0 saturated carbocycles. The van der Waals surface area contributed by atoms with E-state index in [9.17, 15) is 4.48 Å². The van der Waals surface area contributed by atoms with Crippen LogP contribution in [-0.2, 0) is 0 Å². The van der Waals surface area contributed by atoms with Crippen molar-refractivity contribution in [1.82, 2.24) is 0 Å². The van der Waals surface area contributed by atoms with Crippen molar-refractivity contribution in [3.63, 3.8) is 0 Å². The highest BCUT2D eigenvalue weighted by Gasteiger charge is 2.06. The Kier molecular flexibility index (Phi) is 2.72. The molecule has 1 aromatic rings. The fourth-order valence-electron chi connectivity index (χ4n) is 0.664. The minimum absolute atomic E-state index is 0.249. The summed E-state index contributed by atoms with van der Waals surface area (Å²) in [5.74, 6) is 0. The third-order valence-corrected chi connectivity index (χ3v) is 2.59. The smallest absolute Gasteiger partial charge is 0.104 e. The van der Waals surface area contributed by atoms with E-state index in [1.807, 2.05) is 0 Å².